The third-order valence-corrected chi connectivity index (χ3v) is 0.289. The first-order valence-electron chi connectivity index (χ1n) is 2.18. The van der Waals surface area contributed by atoms with Gasteiger partial charge in [-0.15, -0.1) is 0 Å². The van der Waals surface area contributed by atoms with Crippen LogP contribution in [-0.2, 0) is 20.8 Å². The predicted molar refractivity (Wildman–Crippen MR) is 38.9 cm³/mol. The van der Waals surface area contributed by atoms with Gasteiger partial charge in [0.25, 0.3) is 0 Å². The van der Waals surface area contributed by atoms with E-state index in [1.54, 1.807) is 0 Å². The first-order chi connectivity index (χ1) is 3.65. The minimum Gasteiger partial charge on any atom is -0.330 e. The van der Waals surface area contributed by atoms with Gasteiger partial charge in [-0.3, -0.25) is 0 Å². The van der Waals surface area contributed by atoms with Crippen molar-refractivity contribution in [2.24, 2.45) is 5.73 Å². The average molecular weight is 157 g/mol. The summed E-state index contributed by atoms with van der Waals surface area (Å²) < 4.78 is 16.3. The molecule has 0 aromatic heterocycles. The van der Waals surface area contributed by atoms with Crippen LogP contribution in [0.5, 0.6) is 0 Å². The van der Waals surface area contributed by atoms with Gasteiger partial charge in [-0.1, -0.05) is 6.92 Å². The van der Waals surface area contributed by atoms with E-state index in [2.05, 4.69) is 18.1 Å². The van der Waals surface area contributed by atoms with Crippen LogP contribution in [0, 0.1) is 0 Å². The predicted octanol–water partition coefficient (Wildman–Crippen LogP) is -0.243. The highest BCUT2D eigenvalue weighted by atomic mass is 32.8. The maximum atomic E-state index is 8.96. The molecule has 0 aromatic carbocycles. The minimum atomic E-state index is -2.29. The molecule has 3 nitrogen and oxygen atoms in total. The summed E-state index contributed by atoms with van der Waals surface area (Å²) in [5.74, 6) is 0. The molecule has 52 valence electrons. The molecule has 0 aliphatic carbocycles. The van der Waals surface area contributed by atoms with E-state index in [0.29, 0.717) is 0 Å². The second-order valence-corrected chi connectivity index (χ2v) is 2.44. The van der Waals surface area contributed by atoms with Crippen molar-refractivity contribution in [3.8, 4) is 0 Å². The number of hydrogen-bond acceptors (Lipinski definition) is 3. The molecule has 0 aromatic rings. The molecule has 0 aliphatic rings. The third-order valence-electron chi connectivity index (χ3n) is 0.289. The topological polar surface area (TPSA) is 63.3 Å². The maximum Gasteiger partial charge on any atom is 0.130 e. The molecule has 5 heteroatoms. The van der Waals surface area contributed by atoms with Gasteiger partial charge in [0.15, 0.2) is 0 Å². The Labute approximate surface area is 55.8 Å². The lowest BCUT2D eigenvalue weighted by Gasteiger charge is -1.70. The Morgan fingerprint density at radius 2 is 2.00 bits per heavy atom. The molecule has 0 fully saturated rings. The van der Waals surface area contributed by atoms with E-state index in [9.17, 15) is 0 Å². The summed E-state index contributed by atoms with van der Waals surface area (Å²) in [4.78, 5) is 0. The molecule has 0 amide bonds. The van der Waals surface area contributed by atoms with Crippen molar-refractivity contribution in [2.75, 3.05) is 6.54 Å². The van der Waals surface area contributed by atoms with Gasteiger partial charge < -0.3 is 10.3 Å². The van der Waals surface area contributed by atoms with Crippen molar-refractivity contribution in [1.29, 1.82) is 0 Å². The van der Waals surface area contributed by atoms with E-state index < -0.39 is 9.64 Å². The Kier molecular flexibility index (Phi) is 14.3. The van der Waals surface area contributed by atoms with Gasteiger partial charge in [0.1, 0.15) is 9.64 Å². The molecule has 0 heterocycles. The zero-order valence-electron chi connectivity index (χ0n) is 4.70. The van der Waals surface area contributed by atoms with Crippen molar-refractivity contribution in [3.05, 3.63) is 0 Å². The highest BCUT2D eigenvalue weighted by Crippen LogP contribution is 1.57. The van der Waals surface area contributed by atoms with Crippen molar-refractivity contribution < 1.29 is 8.76 Å². The lowest BCUT2D eigenvalue weighted by Crippen LogP contribution is -1.93. The summed E-state index contributed by atoms with van der Waals surface area (Å²) in [5, 5.41) is 0. The second kappa shape index (κ2) is 10.3. The smallest absolute Gasteiger partial charge is 0.130 e. The summed E-state index contributed by atoms with van der Waals surface area (Å²) in [7, 11) is -2.29. The van der Waals surface area contributed by atoms with E-state index in [1.165, 1.54) is 0 Å². The molecule has 0 saturated carbocycles. The normalized spacial score (nSPS) is 11.4. The average Bonchev–Trinajstić information content (AvgIpc) is 1.65. The molecular weight excluding hydrogens is 146 g/mol. The van der Waals surface area contributed by atoms with Crippen LogP contribution in [0.2, 0.25) is 0 Å². The Hall–Kier alpha value is 0.290. The number of thiol groups is 1. The van der Waals surface area contributed by atoms with Crippen LogP contribution in [-0.4, -0.2) is 15.3 Å². The fraction of sp³-hybridized carbons (Fsp3) is 1.00. The molecule has 1 atom stereocenters. The summed E-state index contributed by atoms with van der Waals surface area (Å²) in [6.07, 6.45) is 1.10. The lowest BCUT2D eigenvalue weighted by molar-refractivity contribution is 0.583. The second-order valence-electron chi connectivity index (χ2n) is 1.03. The molecular formula is C3H11NO2S2. The van der Waals surface area contributed by atoms with Crippen molar-refractivity contribution >= 4 is 20.8 Å². The SMILES string of the molecule is CCCN.O=[SH](O)=S. The summed E-state index contributed by atoms with van der Waals surface area (Å²) in [6.45, 7) is 2.88. The van der Waals surface area contributed by atoms with Crippen LogP contribution in [0.1, 0.15) is 13.3 Å². The molecule has 3 N–H and O–H groups in total. The van der Waals surface area contributed by atoms with Crippen LogP contribution in [0.25, 0.3) is 0 Å². The molecule has 0 rings (SSSR count). The van der Waals surface area contributed by atoms with Gasteiger partial charge in [-0.2, -0.15) is 0 Å². The number of rotatable bonds is 1. The van der Waals surface area contributed by atoms with Crippen molar-refractivity contribution in [2.45, 2.75) is 13.3 Å². The fourth-order valence-electron chi connectivity index (χ4n) is 0. The van der Waals surface area contributed by atoms with E-state index in [0.717, 1.165) is 13.0 Å². The Morgan fingerprint density at radius 3 is 2.00 bits per heavy atom. The van der Waals surface area contributed by atoms with Gasteiger partial charge >= 0.3 is 0 Å². The number of hydrogen-bond donors (Lipinski definition) is 3. The quantitative estimate of drug-likeness (QED) is 0.460. The minimum absolute atomic E-state index is 0.819. The van der Waals surface area contributed by atoms with Crippen LogP contribution in [0.4, 0.5) is 0 Å². The highest BCUT2D eigenvalue weighted by Gasteiger charge is 1.55. The molecule has 0 saturated heterocycles. The van der Waals surface area contributed by atoms with Crippen LogP contribution >= 0.6 is 0 Å². The summed E-state index contributed by atoms with van der Waals surface area (Å²) in [5.41, 5.74) is 5.03. The zero-order chi connectivity index (χ0) is 6.99. The van der Waals surface area contributed by atoms with Gasteiger partial charge in [0.05, 0.1) is 0 Å². The van der Waals surface area contributed by atoms with Gasteiger partial charge in [0, 0.05) is 11.2 Å². The zero-order valence-corrected chi connectivity index (χ0v) is 6.41. The molecule has 0 bridgehead atoms. The monoisotopic (exact) mass is 157 g/mol. The summed E-state index contributed by atoms with van der Waals surface area (Å²) >= 11 is 3.69. The van der Waals surface area contributed by atoms with Crippen LogP contribution < -0.4 is 5.73 Å². The Morgan fingerprint density at radius 1 is 1.88 bits per heavy atom. The molecule has 0 radical (unpaired) electrons. The van der Waals surface area contributed by atoms with Crippen molar-refractivity contribution in [3.63, 3.8) is 0 Å². The van der Waals surface area contributed by atoms with E-state index in [1.807, 2.05) is 0 Å². The number of nitrogens with two attached hydrogens (primary N) is 1. The molecule has 1 unspecified atom stereocenters. The molecule has 8 heavy (non-hydrogen) atoms. The Balaban J connectivity index is 0. The standard InChI is InChI=1S/C3H9N.H2O2S2/c1-2-3-4;1-4(2)3/h2-4H2,1H3;4H,(H,1,2,3). The first-order valence-corrected chi connectivity index (χ1v) is 4.41. The van der Waals surface area contributed by atoms with E-state index >= 15 is 0 Å². The fourth-order valence-corrected chi connectivity index (χ4v) is 0. The van der Waals surface area contributed by atoms with Gasteiger partial charge in [0.2, 0.25) is 0 Å². The Bertz CT molecular complexity index is 81.3. The van der Waals surface area contributed by atoms with Crippen molar-refractivity contribution in [1.82, 2.24) is 0 Å². The maximum absolute atomic E-state index is 8.96. The van der Waals surface area contributed by atoms with E-state index in [-0.39, 0.29) is 0 Å². The van der Waals surface area contributed by atoms with E-state index in [4.69, 9.17) is 14.5 Å². The summed E-state index contributed by atoms with van der Waals surface area (Å²) in [6, 6.07) is 0. The lowest BCUT2D eigenvalue weighted by atomic mass is 10.5. The van der Waals surface area contributed by atoms with Gasteiger partial charge in [-0.25, -0.2) is 4.21 Å². The molecule has 0 spiro atoms. The first kappa shape index (κ1) is 11.1. The third kappa shape index (κ3) is 106. The highest BCUT2D eigenvalue weighted by molar-refractivity contribution is 8.18. The van der Waals surface area contributed by atoms with Gasteiger partial charge in [-0.05, 0) is 13.0 Å². The largest absolute Gasteiger partial charge is 0.330 e. The van der Waals surface area contributed by atoms with Crippen LogP contribution in [0.3, 0.4) is 0 Å². The molecule has 0 aliphatic heterocycles. The van der Waals surface area contributed by atoms with Crippen LogP contribution in [0.15, 0.2) is 0 Å².